The SMILES string of the molecule is O=C(CCOc1ccc(F)cc1)Nc1cc(Br)ccc1Br. The summed E-state index contributed by atoms with van der Waals surface area (Å²) >= 11 is 6.72. The van der Waals surface area contributed by atoms with E-state index in [-0.39, 0.29) is 24.8 Å². The predicted octanol–water partition coefficient (Wildman–Crippen LogP) is 4.76. The molecule has 0 saturated heterocycles. The highest BCUT2D eigenvalue weighted by atomic mass is 79.9. The van der Waals surface area contributed by atoms with Crippen LogP contribution in [-0.4, -0.2) is 12.5 Å². The number of hydrogen-bond acceptors (Lipinski definition) is 2. The molecular formula is C15H12Br2FNO2. The van der Waals surface area contributed by atoms with E-state index in [0.717, 1.165) is 8.95 Å². The van der Waals surface area contributed by atoms with E-state index < -0.39 is 0 Å². The summed E-state index contributed by atoms with van der Waals surface area (Å²) in [5.41, 5.74) is 0.691. The Morgan fingerprint density at radius 2 is 1.86 bits per heavy atom. The molecule has 0 heterocycles. The molecule has 1 amide bonds. The molecule has 0 aliphatic heterocycles. The molecule has 0 unspecified atom stereocenters. The molecule has 1 N–H and O–H groups in total. The molecule has 6 heteroatoms. The highest BCUT2D eigenvalue weighted by Gasteiger charge is 2.06. The van der Waals surface area contributed by atoms with E-state index in [1.165, 1.54) is 24.3 Å². The molecular weight excluding hydrogens is 405 g/mol. The third kappa shape index (κ3) is 5.13. The molecule has 0 radical (unpaired) electrons. The Kier molecular flexibility index (Phi) is 5.76. The first-order chi connectivity index (χ1) is 10.0. The van der Waals surface area contributed by atoms with E-state index >= 15 is 0 Å². The average molecular weight is 417 g/mol. The Hall–Kier alpha value is -1.40. The smallest absolute Gasteiger partial charge is 0.227 e. The number of benzene rings is 2. The second-order valence-corrected chi connectivity index (χ2v) is 5.99. The van der Waals surface area contributed by atoms with Crippen molar-refractivity contribution in [2.24, 2.45) is 0 Å². The average Bonchev–Trinajstić information content (AvgIpc) is 2.45. The summed E-state index contributed by atoms with van der Waals surface area (Å²) in [5.74, 6) is 0.0587. The molecule has 21 heavy (non-hydrogen) atoms. The van der Waals surface area contributed by atoms with Gasteiger partial charge in [0.2, 0.25) is 5.91 Å². The van der Waals surface area contributed by atoms with Gasteiger partial charge in [-0.3, -0.25) is 4.79 Å². The zero-order valence-corrected chi connectivity index (χ0v) is 14.1. The molecule has 2 aromatic carbocycles. The van der Waals surface area contributed by atoms with Crippen LogP contribution in [0.5, 0.6) is 5.75 Å². The number of nitrogens with one attached hydrogen (secondary N) is 1. The Labute approximate surface area is 138 Å². The van der Waals surface area contributed by atoms with Gasteiger partial charge in [-0.15, -0.1) is 0 Å². The molecule has 0 aliphatic rings. The van der Waals surface area contributed by atoms with Crippen molar-refractivity contribution < 1.29 is 13.9 Å². The van der Waals surface area contributed by atoms with E-state index in [0.29, 0.717) is 11.4 Å². The maximum Gasteiger partial charge on any atom is 0.227 e. The van der Waals surface area contributed by atoms with Crippen molar-refractivity contribution in [1.29, 1.82) is 0 Å². The van der Waals surface area contributed by atoms with Crippen molar-refractivity contribution in [3.05, 3.63) is 57.2 Å². The third-order valence-corrected chi connectivity index (χ3v) is 3.80. The Bertz CT molecular complexity index is 632. The summed E-state index contributed by atoms with van der Waals surface area (Å²) in [6.07, 6.45) is 0.205. The zero-order valence-electron chi connectivity index (χ0n) is 10.9. The lowest BCUT2D eigenvalue weighted by Gasteiger charge is -2.09. The maximum absolute atomic E-state index is 12.7. The van der Waals surface area contributed by atoms with E-state index in [1.54, 1.807) is 0 Å². The lowest BCUT2D eigenvalue weighted by Crippen LogP contribution is -2.15. The first-order valence-electron chi connectivity index (χ1n) is 6.18. The van der Waals surface area contributed by atoms with Crippen molar-refractivity contribution in [2.45, 2.75) is 6.42 Å². The molecule has 2 aromatic rings. The van der Waals surface area contributed by atoms with Crippen LogP contribution in [-0.2, 0) is 4.79 Å². The molecule has 0 saturated carbocycles. The first-order valence-corrected chi connectivity index (χ1v) is 7.76. The van der Waals surface area contributed by atoms with Crippen molar-refractivity contribution in [2.75, 3.05) is 11.9 Å². The molecule has 0 bridgehead atoms. The number of hydrogen-bond donors (Lipinski definition) is 1. The van der Waals surface area contributed by atoms with Crippen LogP contribution in [0.25, 0.3) is 0 Å². The van der Waals surface area contributed by atoms with E-state index in [9.17, 15) is 9.18 Å². The monoisotopic (exact) mass is 415 g/mol. The van der Waals surface area contributed by atoms with Crippen molar-refractivity contribution in [3.8, 4) is 5.75 Å². The molecule has 3 nitrogen and oxygen atoms in total. The zero-order chi connectivity index (χ0) is 15.2. The van der Waals surface area contributed by atoms with Gasteiger partial charge in [-0.25, -0.2) is 4.39 Å². The Balaban J connectivity index is 1.82. The molecule has 0 aliphatic carbocycles. The fourth-order valence-corrected chi connectivity index (χ4v) is 2.31. The third-order valence-electron chi connectivity index (χ3n) is 2.61. The number of carbonyl (C=O) groups excluding carboxylic acids is 1. The van der Waals surface area contributed by atoms with Crippen molar-refractivity contribution >= 4 is 43.5 Å². The maximum atomic E-state index is 12.7. The van der Waals surface area contributed by atoms with Gasteiger partial charge in [-0.05, 0) is 58.4 Å². The second-order valence-electron chi connectivity index (χ2n) is 4.22. The molecule has 0 aromatic heterocycles. The lowest BCUT2D eigenvalue weighted by atomic mass is 10.3. The minimum absolute atomic E-state index is 0.157. The highest BCUT2D eigenvalue weighted by Crippen LogP contribution is 2.26. The summed E-state index contributed by atoms with van der Waals surface area (Å²) < 4.78 is 19.8. The van der Waals surface area contributed by atoms with Gasteiger partial charge in [0.15, 0.2) is 0 Å². The van der Waals surface area contributed by atoms with Crippen molar-refractivity contribution in [1.82, 2.24) is 0 Å². The van der Waals surface area contributed by atoms with Gasteiger partial charge in [0.05, 0.1) is 18.7 Å². The summed E-state index contributed by atoms with van der Waals surface area (Å²) in [6, 6.07) is 11.2. The molecule has 0 fully saturated rings. The minimum Gasteiger partial charge on any atom is -0.493 e. The summed E-state index contributed by atoms with van der Waals surface area (Å²) in [7, 11) is 0. The van der Waals surface area contributed by atoms with Crippen LogP contribution in [0.2, 0.25) is 0 Å². The van der Waals surface area contributed by atoms with Gasteiger partial charge in [0, 0.05) is 8.95 Å². The van der Waals surface area contributed by atoms with Crippen LogP contribution in [0.4, 0.5) is 10.1 Å². The second kappa shape index (κ2) is 7.56. The Morgan fingerprint density at radius 1 is 1.14 bits per heavy atom. The molecule has 0 spiro atoms. The van der Waals surface area contributed by atoms with Gasteiger partial charge in [-0.1, -0.05) is 15.9 Å². The quantitative estimate of drug-likeness (QED) is 0.763. The number of halogens is 3. The summed E-state index contributed by atoms with van der Waals surface area (Å²) in [4.78, 5) is 11.8. The molecule has 0 atom stereocenters. The first kappa shape index (κ1) is 16.0. The summed E-state index contributed by atoms with van der Waals surface area (Å²) in [5, 5.41) is 2.79. The number of carbonyl (C=O) groups is 1. The van der Waals surface area contributed by atoms with Crippen LogP contribution in [0.3, 0.4) is 0 Å². The topological polar surface area (TPSA) is 38.3 Å². The van der Waals surface area contributed by atoms with Crippen LogP contribution in [0.15, 0.2) is 51.4 Å². The fraction of sp³-hybridized carbons (Fsp3) is 0.133. The van der Waals surface area contributed by atoms with Crippen LogP contribution in [0.1, 0.15) is 6.42 Å². The van der Waals surface area contributed by atoms with Gasteiger partial charge in [-0.2, -0.15) is 0 Å². The van der Waals surface area contributed by atoms with Crippen molar-refractivity contribution in [3.63, 3.8) is 0 Å². The van der Waals surface area contributed by atoms with E-state index in [4.69, 9.17) is 4.74 Å². The van der Waals surface area contributed by atoms with E-state index in [2.05, 4.69) is 37.2 Å². The molecule has 110 valence electrons. The number of ether oxygens (including phenoxy) is 1. The van der Waals surface area contributed by atoms with Gasteiger partial charge >= 0.3 is 0 Å². The normalized spacial score (nSPS) is 10.2. The summed E-state index contributed by atoms with van der Waals surface area (Å²) in [6.45, 7) is 0.225. The predicted molar refractivity (Wildman–Crippen MR) is 87.0 cm³/mol. The van der Waals surface area contributed by atoms with E-state index in [1.807, 2.05) is 18.2 Å². The highest BCUT2D eigenvalue weighted by molar-refractivity contribution is 9.11. The van der Waals surface area contributed by atoms with Gasteiger partial charge in [0.1, 0.15) is 11.6 Å². The van der Waals surface area contributed by atoms with Gasteiger partial charge < -0.3 is 10.1 Å². The van der Waals surface area contributed by atoms with Gasteiger partial charge in [0.25, 0.3) is 0 Å². The van der Waals surface area contributed by atoms with Crippen LogP contribution >= 0.6 is 31.9 Å². The number of rotatable bonds is 5. The van der Waals surface area contributed by atoms with Crippen LogP contribution < -0.4 is 10.1 Å². The lowest BCUT2D eigenvalue weighted by molar-refractivity contribution is -0.116. The largest absolute Gasteiger partial charge is 0.493 e. The number of anilines is 1. The standard InChI is InChI=1S/C15H12Br2FNO2/c16-10-1-6-13(17)14(9-10)19-15(20)7-8-21-12-4-2-11(18)3-5-12/h1-6,9H,7-8H2,(H,19,20). The minimum atomic E-state index is -0.320. The molecule has 2 rings (SSSR count). The van der Waals surface area contributed by atoms with Crippen LogP contribution in [0, 0.1) is 5.82 Å². The fourth-order valence-electron chi connectivity index (χ4n) is 1.60. The number of amides is 1. The Morgan fingerprint density at radius 3 is 2.57 bits per heavy atom.